The molecule has 0 aliphatic heterocycles. The first-order valence-electron chi connectivity index (χ1n) is 7.19. The third-order valence-electron chi connectivity index (χ3n) is 3.86. The van der Waals surface area contributed by atoms with Gasteiger partial charge in [0, 0.05) is 16.3 Å². The summed E-state index contributed by atoms with van der Waals surface area (Å²) in [5.41, 5.74) is 2.63. The first-order chi connectivity index (χ1) is 10.7. The smallest absolute Gasteiger partial charge is 0.277 e. The number of hydrogen-bond donors (Lipinski definition) is 2. The second kappa shape index (κ2) is 5.14. The van der Waals surface area contributed by atoms with Crippen LogP contribution < -0.4 is 10.9 Å². The number of aryl methyl sites for hydroxylation is 1. The number of aromatic nitrogens is 4. The van der Waals surface area contributed by atoms with Gasteiger partial charge in [-0.15, -0.1) is 0 Å². The average molecular weight is 316 g/mol. The van der Waals surface area contributed by atoms with Crippen molar-refractivity contribution < 1.29 is 0 Å². The van der Waals surface area contributed by atoms with Crippen molar-refractivity contribution in [3.8, 4) is 0 Å². The number of H-pyrrole nitrogens is 1. The van der Waals surface area contributed by atoms with Crippen LogP contribution in [0.15, 0.2) is 29.1 Å². The van der Waals surface area contributed by atoms with Crippen molar-refractivity contribution in [1.82, 2.24) is 19.6 Å². The minimum Gasteiger partial charge on any atom is -0.378 e. The molecule has 0 radical (unpaired) electrons. The summed E-state index contributed by atoms with van der Waals surface area (Å²) in [6.45, 7) is 0.481. The maximum Gasteiger partial charge on any atom is 0.277 e. The summed E-state index contributed by atoms with van der Waals surface area (Å²) in [6, 6.07) is 7.42. The second-order valence-electron chi connectivity index (χ2n) is 5.36. The van der Waals surface area contributed by atoms with Gasteiger partial charge in [0.05, 0.1) is 12.2 Å². The van der Waals surface area contributed by atoms with E-state index in [0.717, 1.165) is 36.2 Å². The lowest BCUT2D eigenvalue weighted by atomic mass is 10.3. The highest BCUT2D eigenvalue weighted by Crippen LogP contribution is 2.17. The van der Waals surface area contributed by atoms with Crippen molar-refractivity contribution >= 4 is 23.1 Å². The minimum absolute atomic E-state index is 0.0252. The molecule has 0 atom stereocenters. The molecule has 1 aliphatic rings. The normalized spacial score (nSPS) is 13.5. The molecule has 1 aliphatic carbocycles. The number of anilines is 1. The van der Waals surface area contributed by atoms with E-state index in [1.165, 1.54) is 4.52 Å². The maximum atomic E-state index is 12.4. The summed E-state index contributed by atoms with van der Waals surface area (Å²) in [5.74, 6) is 1.11. The van der Waals surface area contributed by atoms with E-state index >= 15 is 0 Å². The molecular formula is C15H14ClN5O. The van der Waals surface area contributed by atoms with Crippen molar-refractivity contribution in [3.63, 3.8) is 0 Å². The monoisotopic (exact) mass is 315 g/mol. The molecule has 0 saturated heterocycles. The highest BCUT2D eigenvalue weighted by molar-refractivity contribution is 6.30. The summed E-state index contributed by atoms with van der Waals surface area (Å²) in [4.78, 5) is 21.2. The molecule has 0 unspecified atom stereocenters. The zero-order chi connectivity index (χ0) is 15.1. The highest BCUT2D eigenvalue weighted by Gasteiger charge is 2.19. The number of rotatable bonds is 3. The predicted octanol–water partition coefficient (Wildman–Crippen LogP) is 2.17. The molecule has 0 saturated carbocycles. The Hall–Kier alpha value is -2.34. The summed E-state index contributed by atoms with van der Waals surface area (Å²) in [7, 11) is 0. The zero-order valence-corrected chi connectivity index (χ0v) is 12.5. The topological polar surface area (TPSA) is 75.1 Å². The van der Waals surface area contributed by atoms with Crippen molar-refractivity contribution in [1.29, 1.82) is 0 Å². The molecule has 0 amide bonds. The van der Waals surface area contributed by atoms with Gasteiger partial charge in [-0.25, -0.2) is 4.98 Å². The van der Waals surface area contributed by atoms with Crippen LogP contribution in [0.3, 0.4) is 0 Å². The number of benzene rings is 1. The standard InChI is InChI=1S/C15H14ClN5O/c16-9-4-6-10(7-5-9)17-8-13-19-15-18-12-3-1-2-11(12)14(22)21(15)20-13/h4-7,17H,1-3,8H2,(H,18,19,20). The van der Waals surface area contributed by atoms with Gasteiger partial charge < -0.3 is 5.32 Å². The van der Waals surface area contributed by atoms with Gasteiger partial charge in [0.25, 0.3) is 11.3 Å². The van der Waals surface area contributed by atoms with Crippen LogP contribution in [0.5, 0.6) is 0 Å². The van der Waals surface area contributed by atoms with E-state index in [4.69, 9.17) is 11.6 Å². The van der Waals surface area contributed by atoms with Gasteiger partial charge in [0.1, 0.15) is 5.82 Å². The number of halogens is 1. The van der Waals surface area contributed by atoms with Crippen molar-refractivity contribution in [3.05, 3.63) is 56.7 Å². The zero-order valence-electron chi connectivity index (χ0n) is 11.8. The summed E-state index contributed by atoms with van der Waals surface area (Å²) in [5, 5.41) is 6.94. The third-order valence-corrected chi connectivity index (χ3v) is 4.12. The van der Waals surface area contributed by atoms with E-state index < -0.39 is 0 Å². The molecule has 3 aromatic rings. The van der Waals surface area contributed by atoms with Gasteiger partial charge in [-0.05, 0) is 43.5 Å². The lowest BCUT2D eigenvalue weighted by Gasteiger charge is -2.03. The van der Waals surface area contributed by atoms with Crippen LogP contribution >= 0.6 is 11.6 Å². The fourth-order valence-electron chi connectivity index (χ4n) is 2.76. The lowest BCUT2D eigenvalue weighted by Crippen LogP contribution is -2.20. The highest BCUT2D eigenvalue weighted by atomic mass is 35.5. The molecule has 22 heavy (non-hydrogen) atoms. The van der Waals surface area contributed by atoms with Crippen LogP contribution in [-0.2, 0) is 19.4 Å². The van der Waals surface area contributed by atoms with Crippen LogP contribution in [0, 0.1) is 0 Å². The summed E-state index contributed by atoms with van der Waals surface area (Å²) < 4.78 is 1.43. The lowest BCUT2D eigenvalue weighted by molar-refractivity contribution is 0.839. The first kappa shape index (κ1) is 13.3. The molecule has 2 N–H and O–H groups in total. The first-order valence-corrected chi connectivity index (χ1v) is 7.57. The fraction of sp³-hybridized carbons (Fsp3) is 0.267. The Bertz CT molecular complexity index is 897. The molecule has 1 aromatic carbocycles. The molecule has 0 fully saturated rings. The number of hydrogen-bond acceptors (Lipinski definition) is 4. The molecule has 6 nitrogen and oxygen atoms in total. The van der Waals surface area contributed by atoms with E-state index in [1.54, 1.807) is 0 Å². The van der Waals surface area contributed by atoms with Crippen molar-refractivity contribution in [2.45, 2.75) is 25.8 Å². The predicted molar refractivity (Wildman–Crippen MR) is 84.4 cm³/mol. The molecule has 4 rings (SSSR count). The SMILES string of the molecule is O=c1c2c(nc3nc(CNc4ccc(Cl)cc4)[nH]n13)CCC2. The molecular weight excluding hydrogens is 302 g/mol. The van der Waals surface area contributed by atoms with Gasteiger partial charge >= 0.3 is 0 Å². The van der Waals surface area contributed by atoms with Crippen LogP contribution in [-0.4, -0.2) is 19.6 Å². The number of nitrogens with zero attached hydrogens (tertiary/aromatic N) is 3. The van der Waals surface area contributed by atoms with E-state index in [0.29, 0.717) is 23.2 Å². The second-order valence-corrected chi connectivity index (χ2v) is 5.80. The Morgan fingerprint density at radius 1 is 1.23 bits per heavy atom. The van der Waals surface area contributed by atoms with Crippen LogP contribution in [0.4, 0.5) is 5.69 Å². The van der Waals surface area contributed by atoms with E-state index in [9.17, 15) is 4.79 Å². The Morgan fingerprint density at radius 3 is 2.86 bits per heavy atom. The van der Waals surface area contributed by atoms with Crippen molar-refractivity contribution in [2.75, 3.05) is 5.32 Å². The van der Waals surface area contributed by atoms with Gasteiger partial charge in [-0.2, -0.15) is 9.50 Å². The number of aromatic amines is 1. The molecule has 2 aromatic heterocycles. The minimum atomic E-state index is -0.0252. The van der Waals surface area contributed by atoms with Gasteiger partial charge in [-0.1, -0.05) is 11.6 Å². The number of nitrogens with one attached hydrogen (secondary N) is 2. The van der Waals surface area contributed by atoms with E-state index in [1.807, 2.05) is 24.3 Å². The van der Waals surface area contributed by atoms with Crippen LogP contribution in [0.25, 0.3) is 5.78 Å². The Morgan fingerprint density at radius 2 is 2.05 bits per heavy atom. The Labute approximate surface area is 131 Å². The number of fused-ring (bicyclic) bond motifs is 2. The Kier molecular flexibility index (Phi) is 3.11. The van der Waals surface area contributed by atoms with Crippen LogP contribution in [0.1, 0.15) is 23.5 Å². The third kappa shape index (κ3) is 2.25. The molecule has 2 heterocycles. The van der Waals surface area contributed by atoms with E-state index in [2.05, 4.69) is 20.4 Å². The van der Waals surface area contributed by atoms with Gasteiger partial charge in [0.15, 0.2) is 0 Å². The fourth-order valence-corrected chi connectivity index (χ4v) is 2.89. The molecule has 7 heteroatoms. The quantitative estimate of drug-likeness (QED) is 0.777. The summed E-state index contributed by atoms with van der Waals surface area (Å²) >= 11 is 5.86. The van der Waals surface area contributed by atoms with Gasteiger partial charge in [0.2, 0.25) is 0 Å². The average Bonchev–Trinajstić information content (AvgIpc) is 3.14. The van der Waals surface area contributed by atoms with Gasteiger partial charge in [-0.3, -0.25) is 9.89 Å². The molecule has 0 bridgehead atoms. The van der Waals surface area contributed by atoms with Crippen LogP contribution in [0.2, 0.25) is 5.02 Å². The van der Waals surface area contributed by atoms with Crippen molar-refractivity contribution in [2.24, 2.45) is 0 Å². The van der Waals surface area contributed by atoms with E-state index in [-0.39, 0.29) is 5.56 Å². The largest absolute Gasteiger partial charge is 0.378 e. The summed E-state index contributed by atoms with van der Waals surface area (Å²) in [6.07, 6.45) is 2.67. The maximum absolute atomic E-state index is 12.4. The molecule has 112 valence electrons. The Balaban J connectivity index is 1.62. The molecule has 0 spiro atoms.